The average Bonchev–Trinajstić information content (AvgIpc) is 3.16. The highest BCUT2D eigenvalue weighted by Gasteiger charge is 2.34. The first-order valence-electron chi connectivity index (χ1n) is 10.5. The SMILES string of the molecule is CC1(C)CCCN(C(=O)C2CCCN(Cc3nc(-c4ccc(Br)cc4)no3)C2)C1. The van der Waals surface area contributed by atoms with E-state index in [2.05, 4.69) is 49.7 Å². The van der Waals surface area contributed by atoms with E-state index in [-0.39, 0.29) is 11.3 Å². The normalized spacial score (nSPS) is 22.6. The van der Waals surface area contributed by atoms with E-state index in [9.17, 15) is 4.79 Å². The number of hydrogen-bond donors (Lipinski definition) is 0. The van der Waals surface area contributed by atoms with Crippen LogP contribution in [0.5, 0.6) is 0 Å². The van der Waals surface area contributed by atoms with Crippen molar-refractivity contribution in [2.75, 3.05) is 26.2 Å². The molecule has 3 heterocycles. The van der Waals surface area contributed by atoms with E-state index in [0.717, 1.165) is 55.5 Å². The summed E-state index contributed by atoms with van der Waals surface area (Å²) in [5.41, 5.74) is 1.16. The zero-order valence-electron chi connectivity index (χ0n) is 17.2. The molecule has 2 fully saturated rings. The van der Waals surface area contributed by atoms with Crippen molar-refractivity contribution in [3.8, 4) is 11.4 Å². The summed E-state index contributed by atoms with van der Waals surface area (Å²) in [6.45, 7) is 8.63. The Kier molecular flexibility index (Phi) is 6.06. The van der Waals surface area contributed by atoms with Crippen molar-refractivity contribution < 1.29 is 9.32 Å². The van der Waals surface area contributed by atoms with Crippen LogP contribution in [0.3, 0.4) is 0 Å². The van der Waals surface area contributed by atoms with Crippen molar-refractivity contribution in [1.82, 2.24) is 19.9 Å². The summed E-state index contributed by atoms with van der Waals surface area (Å²) in [5.74, 6) is 1.61. The molecule has 1 aromatic carbocycles. The molecule has 0 bridgehead atoms. The molecule has 156 valence electrons. The molecule has 2 saturated heterocycles. The van der Waals surface area contributed by atoms with Crippen LogP contribution in [0.2, 0.25) is 0 Å². The number of piperidine rings is 2. The molecule has 0 saturated carbocycles. The number of halogens is 1. The maximum absolute atomic E-state index is 13.1. The van der Waals surface area contributed by atoms with Crippen molar-refractivity contribution in [1.29, 1.82) is 0 Å². The number of rotatable bonds is 4. The molecule has 1 atom stereocenters. The zero-order chi connectivity index (χ0) is 20.4. The lowest BCUT2D eigenvalue weighted by atomic mass is 9.83. The average molecular weight is 461 g/mol. The summed E-state index contributed by atoms with van der Waals surface area (Å²) >= 11 is 3.44. The van der Waals surface area contributed by atoms with E-state index in [1.807, 2.05) is 24.3 Å². The minimum absolute atomic E-state index is 0.0755. The van der Waals surface area contributed by atoms with Gasteiger partial charge in [0.1, 0.15) is 0 Å². The third kappa shape index (κ3) is 5.07. The fraction of sp³-hybridized carbons (Fsp3) is 0.591. The molecule has 7 heteroatoms. The molecule has 1 aromatic heterocycles. The molecule has 0 spiro atoms. The van der Waals surface area contributed by atoms with Gasteiger partial charge < -0.3 is 9.42 Å². The molecule has 0 aliphatic carbocycles. The predicted octanol–water partition coefficient (Wildman–Crippen LogP) is 4.36. The summed E-state index contributed by atoms with van der Waals surface area (Å²) in [4.78, 5) is 22.0. The van der Waals surface area contributed by atoms with Gasteiger partial charge in [0.25, 0.3) is 0 Å². The highest BCUT2D eigenvalue weighted by atomic mass is 79.9. The van der Waals surface area contributed by atoms with E-state index in [1.165, 1.54) is 6.42 Å². The summed E-state index contributed by atoms with van der Waals surface area (Å²) in [6.07, 6.45) is 4.31. The Balaban J connectivity index is 1.36. The number of benzene rings is 1. The number of hydrogen-bond acceptors (Lipinski definition) is 5. The third-order valence-electron chi connectivity index (χ3n) is 6.00. The fourth-order valence-corrected chi connectivity index (χ4v) is 4.76. The number of carbonyl (C=O) groups excluding carboxylic acids is 1. The highest BCUT2D eigenvalue weighted by molar-refractivity contribution is 9.10. The smallest absolute Gasteiger partial charge is 0.241 e. The topological polar surface area (TPSA) is 62.5 Å². The molecular formula is C22H29BrN4O2. The molecule has 2 aliphatic heterocycles. The van der Waals surface area contributed by atoms with E-state index >= 15 is 0 Å². The van der Waals surface area contributed by atoms with Crippen molar-refractivity contribution in [3.63, 3.8) is 0 Å². The molecule has 4 rings (SSSR count). The van der Waals surface area contributed by atoms with E-state index < -0.39 is 0 Å². The van der Waals surface area contributed by atoms with Gasteiger partial charge in [-0.05, 0) is 61.9 Å². The van der Waals surface area contributed by atoms with Crippen LogP contribution in [0, 0.1) is 11.3 Å². The zero-order valence-corrected chi connectivity index (χ0v) is 18.8. The standard InChI is InChI=1S/C22H29BrN4O2/c1-22(2)10-4-12-27(15-22)21(28)17-5-3-11-26(13-17)14-19-24-20(25-29-19)16-6-8-18(23)9-7-16/h6-9,17H,3-5,10-15H2,1-2H3. The van der Waals surface area contributed by atoms with Crippen molar-refractivity contribution in [2.24, 2.45) is 11.3 Å². The number of likely N-dealkylation sites (tertiary alicyclic amines) is 2. The quantitative estimate of drug-likeness (QED) is 0.677. The minimum Gasteiger partial charge on any atom is -0.342 e. The van der Waals surface area contributed by atoms with E-state index in [4.69, 9.17) is 4.52 Å². The summed E-state index contributed by atoms with van der Waals surface area (Å²) in [5, 5.41) is 4.12. The lowest BCUT2D eigenvalue weighted by Crippen LogP contribution is -2.49. The van der Waals surface area contributed by atoms with Crippen LogP contribution < -0.4 is 0 Å². The Morgan fingerprint density at radius 1 is 1.24 bits per heavy atom. The van der Waals surface area contributed by atoms with Gasteiger partial charge in [-0.15, -0.1) is 0 Å². The van der Waals surface area contributed by atoms with Gasteiger partial charge in [0.05, 0.1) is 12.5 Å². The Morgan fingerprint density at radius 3 is 2.79 bits per heavy atom. The molecular weight excluding hydrogens is 432 g/mol. The Labute approximate surface area is 180 Å². The maximum atomic E-state index is 13.1. The van der Waals surface area contributed by atoms with Crippen molar-refractivity contribution in [3.05, 3.63) is 34.6 Å². The molecule has 29 heavy (non-hydrogen) atoms. The van der Waals surface area contributed by atoms with E-state index in [1.54, 1.807) is 0 Å². The van der Waals surface area contributed by atoms with Crippen molar-refractivity contribution in [2.45, 2.75) is 46.1 Å². The number of carbonyl (C=O) groups is 1. The van der Waals surface area contributed by atoms with Crippen LogP contribution in [0.15, 0.2) is 33.3 Å². The number of aromatic nitrogens is 2. The molecule has 2 aliphatic rings. The Hall–Kier alpha value is -1.73. The summed E-state index contributed by atoms with van der Waals surface area (Å²) in [6, 6.07) is 7.87. The van der Waals surface area contributed by atoms with Crippen LogP contribution >= 0.6 is 15.9 Å². The van der Waals surface area contributed by atoms with Crippen molar-refractivity contribution >= 4 is 21.8 Å². The third-order valence-corrected chi connectivity index (χ3v) is 6.52. The Morgan fingerprint density at radius 2 is 2.03 bits per heavy atom. The van der Waals surface area contributed by atoms with Crippen LogP contribution in [-0.4, -0.2) is 52.0 Å². The van der Waals surface area contributed by atoms with Crippen LogP contribution in [0.4, 0.5) is 0 Å². The predicted molar refractivity (Wildman–Crippen MR) is 115 cm³/mol. The van der Waals surface area contributed by atoms with Gasteiger partial charge in [0, 0.05) is 29.7 Å². The molecule has 1 amide bonds. The molecule has 6 nitrogen and oxygen atoms in total. The summed E-state index contributed by atoms with van der Waals surface area (Å²) in [7, 11) is 0. The Bertz CT molecular complexity index is 849. The lowest BCUT2D eigenvalue weighted by molar-refractivity contribution is -0.140. The van der Waals surface area contributed by atoms with Gasteiger partial charge >= 0.3 is 0 Å². The molecule has 1 unspecified atom stereocenters. The molecule has 0 N–H and O–H groups in total. The largest absolute Gasteiger partial charge is 0.342 e. The minimum atomic E-state index is 0.0755. The van der Waals surface area contributed by atoms with Gasteiger partial charge in [-0.25, -0.2) is 0 Å². The van der Waals surface area contributed by atoms with Gasteiger partial charge in [-0.3, -0.25) is 9.69 Å². The number of nitrogens with zero attached hydrogens (tertiary/aromatic N) is 4. The monoisotopic (exact) mass is 460 g/mol. The number of amides is 1. The first kappa shape index (κ1) is 20.5. The highest BCUT2D eigenvalue weighted by Crippen LogP contribution is 2.30. The van der Waals surface area contributed by atoms with Crippen LogP contribution in [0.1, 0.15) is 45.4 Å². The van der Waals surface area contributed by atoms with Crippen LogP contribution in [0.25, 0.3) is 11.4 Å². The molecule has 0 radical (unpaired) electrons. The maximum Gasteiger partial charge on any atom is 0.241 e. The van der Waals surface area contributed by atoms with Crippen LogP contribution in [-0.2, 0) is 11.3 Å². The van der Waals surface area contributed by atoms with Gasteiger partial charge in [0.15, 0.2) is 0 Å². The van der Waals surface area contributed by atoms with E-state index in [0.29, 0.717) is 24.2 Å². The second kappa shape index (κ2) is 8.56. The lowest BCUT2D eigenvalue weighted by Gasteiger charge is -2.41. The first-order valence-corrected chi connectivity index (χ1v) is 11.3. The van der Waals surface area contributed by atoms with Gasteiger partial charge in [0.2, 0.25) is 17.6 Å². The van der Waals surface area contributed by atoms with Gasteiger partial charge in [-0.2, -0.15) is 4.98 Å². The fourth-order valence-electron chi connectivity index (χ4n) is 4.50. The van der Waals surface area contributed by atoms with Gasteiger partial charge in [-0.1, -0.05) is 34.9 Å². The first-order chi connectivity index (χ1) is 13.9. The second-order valence-electron chi connectivity index (χ2n) is 9.12. The molecule has 2 aromatic rings. The second-order valence-corrected chi connectivity index (χ2v) is 10.0. The summed E-state index contributed by atoms with van der Waals surface area (Å²) < 4.78 is 6.50.